The average molecular weight is 445 g/mol. The summed E-state index contributed by atoms with van der Waals surface area (Å²) in [5.41, 5.74) is 0.239. The number of amides is 3. The minimum absolute atomic E-state index is 0.0870. The Balaban J connectivity index is 1.86. The second-order valence-corrected chi connectivity index (χ2v) is 8.11. The van der Waals surface area contributed by atoms with Gasteiger partial charge in [0.15, 0.2) is 0 Å². The molecule has 0 bridgehead atoms. The van der Waals surface area contributed by atoms with Crippen molar-refractivity contribution in [2.45, 2.75) is 45.3 Å². The van der Waals surface area contributed by atoms with Gasteiger partial charge in [0.25, 0.3) is 0 Å². The number of carbonyl (C=O) groups is 2. The number of carbonyl (C=O) groups excluding carboxylic acids is 2. The van der Waals surface area contributed by atoms with E-state index >= 15 is 0 Å². The highest BCUT2D eigenvalue weighted by Gasteiger charge is 2.26. The van der Waals surface area contributed by atoms with Crippen LogP contribution in [-0.4, -0.2) is 41.8 Å². The summed E-state index contributed by atoms with van der Waals surface area (Å²) in [5, 5.41) is 5.74. The molecule has 1 atom stereocenters. The number of likely N-dealkylation sites (tertiary alicyclic amines) is 1. The van der Waals surface area contributed by atoms with Crippen LogP contribution in [0.15, 0.2) is 24.3 Å². The number of rotatable bonds is 2. The number of benzene rings is 1. The van der Waals surface area contributed by atoms with Crippen molar-refractivity contribution in [1.82, 2.24) is 10.2 Å². The minimum Gasteiger partial charge on any atom is -0.444 e. The van der Waals surface area contributed by atoms with Gasteiger partial charge < -0.3 is 20.3 Å². The molecule has 3 amide bonds. The number of nitrogens with zero attached hydrogens (tertiary/aromatic N) is 1. The van der Waals surface area contributed by atoms with Gasteiger partial charge >= 0.3 is 12.1 Å². The molecular weight excluding hydrogens is 421 g/mol. The van der Waals surface area contributed by atoms with Gasteiger partial charge in [-0.3, -0.25) is 0 Å². The molecule has 1 heterocycles. The number of nitrogens with one attached hydrogen (secondary N) is 2. The molecule has 1 aliphatic rings. The molecule has 1 aromatic rings. The molecule has 0 aliphatic carbocycles. The van der Waals surface area contributed by atoms with E-state index in [1.807, 2.05) is 45.0 Å². The highest BCUT2D eigenvalue weighted by Crippen LogP contribution is 2.15. The SMILES string of the molecule is CC(C)(C)OC(=O)N[C@@H]1CCCN(C(=O)Nc2ccc(I)cc2)C1. The molecule has 0 spiro atoms. The van der Waals surface area contributed by atoms with Gasteiger partial charge in [-0.25, -0.2) is 9.59 Å². The van der Waals surface area contributed by atoms with Gasteiger partial charge in [0, 0.05) is 28.4 Å². The lowest BCUT2D eigenvalue weighted by atomic mass is 10.1. The largest absolute Gasteiger partial charge is 0.444 e. The predicted octanol–water partition coefficient (Wildman–Crippen LogP) is 3.81. The summed E-state index contributed by atoms with van der Waals surface area (Å²) in [6.07, 6.45) is 1.25. The number of alkyl carbamates (subject to hydrolysis) is 1. The van der Waals surface area contributed by atoms with Gasteiger partial charge in [-0.05, 0) is 80.5 Å². The standard InChI is InChI=1S/C17H24IN3O3/c1-17(2,3)24-16(23)20-14-5-4-10-21(11-14)15(22)19-13-8-6-12(18)7-9-13/h6-9,14H,4-5,10-11H2,1-3H3,(H,19,22)(H,20,23)/t14-/m1/s1. The molecule has 132 valence electrons. The van der Waals surface area contributed by atoms with E-state index in [0.717, 1.165) is 22.1 Å². The van der Waals surface area contributed by atoms with E-state index in [2.05, 4.69) is 33.2 Å². The van der Waals surface area contributed by atoms with Crippen LogP contribution >= 0.6 is 22.6 Å². The molecule has 1 aliphatic heterocycles. The Labute approximate surface area is 156 Å². The third kappa shape index (κ3) is 6.18. The fourth-order valence-corrected chi connectivity index (χ4v) is 2.85. The topological polar surface area (TPSA) is 70.7 Å². The molecule has 0 saturated carbocycles. The Hall–Kier alpha value is -1.51. The smallest absolute Gasteiger partial charge is 0.407 e. The van der Waals surface area contributed by atoms with Crippen molar-refractivity contribution in [3.05, 3.63) is 27.8 Å². The Kier molecular flexibility index (Phi) is 6.31. The molecule has 2 N–H and O–H groups in total. The van der Waals surface area contributed by atoms with Crippen LogP contribution in [0.4, 0.5) is 15.3 Å². The lowest BCUT2D eigenvalue weighted by molar-refractivity contribution is 0.0480. The molecule has 24 heavy (non-hydrogen) atoms. The van der Waals surface area contributed by atoms with E-state index in [-0.39, 0.29) is 12.1 Å². The van der Waals surface area contributed by atoms with E-state index in [1.54, 1.807) is 4.90 Å². The molecular formula is C17H24IN3O3. The van der Waals surface area contributed by atoms with E-state index in [9.17, 15) is 9.59 Å². The maximum absolute atomic E-state index is 12.4. The highest BCUT2D eigenvalue weighted by atomic mass is 127. The average Bonchev–Trinajstić information content (AvgIpc) is 2.48. The van der Waals surface area contributed by atoms with Crippen LogP contribution in [0.1, 0.15) is 33.6 Å². The first-order valence-electron chi connectivity index (χ1n) is 8.04. The molecule has 0 unspecified atom stereocenters. The zero-order valence-corrected chi connectivity index (χ0v) is 16.4. The number of hydrogen-bond donors (Lipinski definition) is 2. The Morgan fingerprint density at radius 1 is 1.25 bits per heavy atom. The minimum atomic E-state index is -0.527. The quantitative estimate of drug-likeness (QED) is 0.681. The normalized spacial score (nSPS) is 18.0. The first-order chi connectivity index (χ1) is 11.2. The molecule has 7 heteroatoms. The van der Waals surface area contributed by atoms with Crippen LogP contribution < -0.4 is 10.6 Å². The second kappa shape index (κ2) is 8.04. The number of halogens is 1. The number of hydrogen-bond acceptors (Lipinski definition) is 3. The van der Waals surface area contributed by atoms with Crippen LogP contribution in [0.3, 0.4) is 0 Å². The zero-order chi connectivity index (χ0) is 17.7. The van der Waals surface area contributed by atoms with Gasteiger partial charge in [0.2, 0.25) is 0 Å². The molecule has 2 rings (SSSR count). The van der Waals surface area contributed by atoms with E-state index in [4.69, 9.17) is 4.74 Å². The van der Waals surface area contributed by atoms with Crippen LogP contribution in [-0.2, 0) is 4.74 Å². The fraction of sp³-hybridized carbons (Fsp3) is 0.529. The summed E-state index contributed by atoms with van der Waals surface area (Å²) in [7, 11) is 0. The predicted molar refractivity (Wildman–Crippen MR) is 102 cm³/mol. The summed E-state index contributed by atoms with van der Waals surface area (Å²) in [4.78, 5) is 26.0. The van der Waals surface area contributed by atoms with E-state index in [0.29, 0.717) is 13.1 Å². The lowest BCUT2D eigenvalue weighted by Gasteiger charge is -2.33. The van der Waals surface area contributed by atoms with Crippen LogP contribution in [0.25, 0.3) is 0 Å². The summed E-state index contributed by atoms with van der Waals surface area (Å²) in [6.45, 7) is 6.65. The van der Waals surface area contributed by atoms with Crippen LogP contribution in [0.5, 0.6) is 0 Å². The fourth-order valence-electron chi connectivity index (χ4n) is 2.49. The van der Waals surface area contributed by atoms with Gasteiger partial charge in [0.1, 0.15) is 5.60 Å². The van der Waals surface area contributed by atoms with E-state index in [1.165, 1.54) is 0 Å². The summed E-state index contributed by atoms with van der Waals surface area (Å²) >= 11 is 2.22. The first-order valence-corrected chi connectivity index (χ1v) is 9.12. The monoisotopic (exact) mass is 445 g/mol. The zero-order valence-electron chi connectivity index (χ0n) is 14.3. The second-order valence-electron chi connectivity index (χ2n) is 6.87. The molecule has 1 saturated heterocycles. The number of piperidine rings is 1. The number of urea groups is 1. The van der Waals surface area contributed by atoms with Gasteiger partial charge in [-0.2, -0.15) is 0 Å². The van der Waals surface area contributed by atoms with E-state index < -0.39 is 11.7 Å². The van der Waals surface area contributed by atoms with Crippen molar-refractivity contribution in [3.8, 4) is 0 Å². The third-order valence-electron chi connectivity index (χ3n) is 3.52. The van der Waals surface area contributed by atoms with Gasteiger partial charge in [-0.1, -0.05) is 0 Å². The lowest BCUT2D eigenvalue weighted by Crippen LogP contribution is -2.51. The first kappa shape index (κ1) is 18.8. The van der Waals surface area contributed by atoms with Crippen molar-refractivity contribution in [1.29, 1.82) is 0 Å². The molecule has 1 fully saturated rings. The van der Waals surface area contributed by atoms with Crippen molar-refractivity contribution in [2.24, 2.45) is 0 Å². The number of ether oxygens (including phenoxy) is 1. The van der Waals surface area contributed by atoms with Crippen molar-refractivity contribution in [2.75, 3.05) is 18.4 Å². The molecule has 0 radical (unpaired) electrons. The Morgan fingerprint density at radius 3 is 2.54 bits per heavy atom. The van der Waals surface area contributed by atoms with Crippen molar-refractivity contribution >= 4 is 40.4 Å². The molecule has 6 nitrogen and oxygen atoms in total. The summed E-state index contributed by atoms with van der Waals surface area (Å²) < 4.78 is 6.39. The van der Waals surface area contributed by atoms with Gasteiger partial charge in [0.05, 0.1) is 0 Å². The van der Waals surface area contributed by atoms with Gasteiger partial charge in [-0.15, -0.1) is 0 Å². The Bertz CT molecular complexity index is 584. The maximum atomic E-state index is 12.4. The molecule has 1 aromatic carbocycles. The Morgan fingerprint density at radius 2 is 1.92 bits per heavy atom. The highest BCUT2D eigenvalue weighted by molar-refractivity contribution is 14.1. The third-order valence-corrected chi connectivity index (χ3v) is 4.24. The summed E-state index contributed by atoms with van der Waals surface area (Å²) in [6, 6.07) is 7.40. The number of anilines is 1. The van der Waals surface area contributed by atoms with Crippen LogP contribution in [0, 0.1) is 3.57 Å². The maximum Gasteiger partial charge on any atom is 0.407 e. The summed E-state index contributed by atoms with van der Waals surface area (Å²) in [5.74, 6) is 0. The van der Waals surface area contributed by atoms with Crippen LogP contribution in [0.2, 0.25) is 0 Å². The van der Waals surface area contributed by atoms with Crippen molar-refractivity contribution < 1.29 is 14.3 Å². The molecule has 0 aromatic heterocycles. The van der Waals surface area contributed by atoms with Crippen molar-refractivity contribution in [3.63, 3.8) is 0 Å².